The standard InChI is InChI=1S/C25H28N2O3S/c1-16(2)21-8-6-7-9-22(21)26-25(28)20-13-12-19(5)24(15-20)31(29,30)27-23-14-17(3)10-11-18(23)4/h6-16,27H,1-5H3,(H,26,28). The highest BCUT2D eigenvalue weighted by atomic mass is 32.2. The molecule has 3 rings (SSSR count). The Bertz CT molecular complexity index is 1230. The maximum absolute atomic E-state index is 13.1. The zero-order valence-corrected chi connectivity index (χ0v) is 19.3. The van der Waals surface area contributed by atoms with Crippen LogP contribution in [0, 0.1) is 20.8 Å². The van der Waals surface area contributed by atoms with Crippen molar-refractivity contribution < 1.29 is 13.2 Å². The van der Waals surface area contributed by atoms with E-state index in [1.807, 2.05) is 50.2 Å². The van der Waals surface area contributed by atoms with Crippen molar-refractivity contribution in [3.63, 3.8) is 0 Å². The van der Waals surface area contributed by atoms with Gasteiger partial charge < -0.3 is 5.32 Å². The molecule has 162 valence electrons. The quantitative estimate of drug-likeness (QED) is 0.514. The smallest absolute Gasteiger partial charge is 0.262 e. The van der Waals surface area contributed by atoms with Crippen molar-refractivity contribution in [1.82, 2.24) is 0 Å². The molecule has 0 aliphatic rings. The van der Waals surface area contributed by atoms with Crippen molar-refractivity contribution in [3.8, 4) is 0 Å². The number of carbonyl (C=O) groups is 1. The number of benzene rings is 3. The minimum absolute atomic E-state index is 0.0817. The maximum atomic E-state index is 13.1. The van der Waals surface area contributed by atoms with E-state index in [2.05, 4.69) is 23.9 Å². The molecule has 0 aliphatic heterocycles. The first-order valence-electron chi connectivity index (χ1n) is 10.2. The third kappa shape index (κ3) is 5.14. The highest BCUT2D eigenvalue weighted by Gasteiger charge is 2.21. The average Bonchev–Trinajstić information content (AvgIpc) is 2.71. The minimum Gasteiger partial charge on any atom is -0.322 e. The van der Waals surface area contributed by atoms with Gasteiger partial charge >= 0.3 is 0 Å². The van der Waals surface area contributed by atoms with Gasteiger partial charge in [0, 0.05) is 11.3 Å². The zero-order valence-electron chi connectivity index (χ0n) is 18.5. The molecule has 0 atom stereocenters. The summed E-state index contributed by atoms with van der Waals surface area (Å²) in [6.45, 7) is 9.58. The number of hydrogen-bond donors (Lipinski definition) is 2. The average molecular weight is 437 g/mol. The predicted molar refractivity (Wildman–Crippen MR) is 126 cm³/mol. The van der Waals surface area contributed by atoms with E-state index in [-0.39, 0.29) is 22.3 Å². The van der Waals surface area contributed by atoms with Crippen molar-refractivity contribution >= 4 is 27.3 Å². The second-order valence-corrected chi connectivity index (χ2v) is 9.75. The van der Waals surface area contributed by atoms with Crippen molar-refractivity contribution in [2.75, 3.05) is 10.0 Å². The van der Waals surface area contributed by atoms with Gasteiger partial charge in [0.1, 0.15) is 0 Å². The molecule has 0 unspecified atom stereocenters. The molecule has 0 radical (unpaired) electrons. The molecule has 0 fully saturated rings. The van der Waals surface area contributed by atoms with Crippen molar-refractivity contribution in [2.24, 2.45) is 0 Å². The van der Waals surface area contributed by atoms with Crippen LogP contribution in [0.5, 0.6) is 0 Å². The van der Waals surface area contributed by atoms with E-state index in [0.717, 1.165) is 22.4 Å². The number of aryl methyl sites for hydroxylation is 3. The zero-order chi connectivity index (χ0) is 22.8. The van der Waals surface area contributed by atoms with Crippen LogP contribution in [0.4, 0.5) is 11.4 Å². The topological polar surface area (TPSA) is 75.3 Å². The molecular weight excluding hydrogens is 408 g/mol. The Labute approximate surface area is 184 Å². The molecule has 6 heteroatoms. The Morgan fingerprint density at radius 2 is 1.52 bits per heavy atom. The van der Waals surface area contributed by atoms with E-state index in [9.17, 15) is 13.2 Å². The van der Waals surface area contributed by atoms with Gasteiger partial charge in [0.25, 0.3) is 15.9 Å². The predicted octanol–water partition coefficient (Wildman–Crippen LogP) is 5.79. The Hall–Kier alpha value is -3.12. The van der Waals surface area contributed by atoms with Crippen LogP contribution in [0.25, 0.3) is 0 Å². The lowest BCUT2D eigenvalue weighted by molar-refractivity contribution is 0.102. The highest BCUT2D eigenvalue weighted by Crippen LogP contribution is 2.26. The second-order valence-electron chi connectivity index (χ2n) is 8.10. The Morgan fingerprint density at radius 3 is 2.23 bits per heavy atom. The number of carbonyl (C=O) groups excluding carboxylic acids is 1. The summed E-state index contributed by atoms with van der Waals surface area (Å²) in [5.41, 5.74) is 4.90. The molecule has 3 aromatic carbocycles. The Morgan fingerprint density at radius 1 is 0.839 bits per heavy atom. The molecule has 31 heavy (non-hydrogen) atoms. The molecule has 5 nitrogen and oxygen atoms in total. The largest absolute Gasteiger partial charge is 0.322 e. The van der Waals surface area contributed by atoms with Gasteiger partial charge in [0.05, 0.1) is 10.6 Å². The summed E-state index contributed by atoms with van der Waals surface area (Å²) in [7, 11) is -3.86. The van der Waals surface area contributed by atoms with E-state index >= 15 is 0 Å². The van der Waals surface area contributed by atoms with Crippen LogP contribution in [0.15, 0.2) is 65.6 Å². The number of hydrogen-bond acceptors (Lipinski definition) is 3. The molecule has 0 saturated carbocycles. The number of nitrogens with one attached hydrogen (secondary N) is 2. The normalized spacial score (nSPS) is 11.4. The van der Waals surface area contributed by atoms with Gasteiger partial charge in [-0.15, -0.1) is 0 Å². The second kappa shape index (κ2) is 8.94. The Balaban J connectivity index is 1.93. The first-order chi connectivity index (χ1) is 14.6. The molecular formula is C25H28N2O3S. The van der Waals surface area contributed by atoms with Crippen LogP contribution in [-0.2, 0) is 10.0 Å². The summed E-state index contributed by atoms with van der Waals surface area (Å²) in [5, 5.41) is 2.92. The maximum Gasteiger partial charge on any atom is 0.262 e. The third-order valence-corrected chi connectivity index (χ3v) is 6.72. The van der Waals surface area contributed by atoms with Crippen molar-refractivity contribution in [1.29, 1.82) is 0 Å². The number of anilines is 2. The molecule has 0 saturated heterocycles. The first kappa shape index (κ1) is 22.6. The van der Waals surface area contributed by atoms with Gasteiger partial charge in [0.15, 0.2) is 0 Å². The van der Waals surface area contributed by atoms with Crippen LogP contribution >= 0.6 is 0 Å². The van der Waals surface area contributed by atoms with Crippen molar-refractivity contribution in [2.45, 2.75) is 45.4 Å². The fourth-order valence-corrected chi connectivity index (χ4v) is 4.78. The number of amides is 1. The molecule has 1 amide bonds. The lowest BCUT2D eigenvalue weighted by atomic mass is 10.0. The monoisotopic (exact) mass is 436 g/mol. The van der Waals surface area contributed by atoms with E-state index in [4.69, 9.17) is 0 Å². The summed E-state index contributed by atoms with van der Waals surface area (Å²) in [6, 6.07) is 17.9. The summed E-state index contributed by atoms with van der Waals surface area (Å²) in [4.78, 5) is 13.0. The summed E-state index contributed by atoms with van der Waals surface area (Å²) < 4.78 is 28.9. The van der Waals surface area contributed by atoms with Gasteiger partial charge in [-0.05, 0) is 73.2 Å². The van der Waals surface area contributed by atoms with Gasteiger partial charge in [-0.1, -0.05) is 50.2 Å². The Kier molecular flexibility index (Phi) is 6.51. The molecule has 0 spiro atoms. The fraction of sp³-hybridized carbons (Fsp3) is 0.240. The molecule has 2 N–H and O–H groups in total. The molecule has 3 aromatic rings. The molecule has 0 heterocycles. The van der Waals surface area contributed by atoms with Crippen molar-refractivity contribution in [3.05, 3.63) is 88.5 Å². The third-order valence-electron chi connectivity index (χ3n) is 5.21. The van der Waals surface area contributed by atoms with E-state index in [0.29, 0.717) is 11.3 Å². The SMILES string of the molecule is Cc1ccc(C)c(NS(=O)(=O)c2cc(C(=O)Nc3ccccc3C(C)C)ccc2C)c1. The van der Waals surface area contributed by atoms with E-state index < -0.39 is 10.0 Å². The lowest BCUT2D eigenvalue weighted by Gasteiger charge is -2.15. The summed E-state index contributed by atoms with van der Waals surface area (Å²) in [6.07, 6.45) is 0. The number of rotatable bonds is 6. The van der Waals surface area contributed by atoms with Crippen LogP contribution in [-0.4, -0.2) is 14.3 Å². The van der Waals surface area contributed by atoms with Crippen LogP contribution in [0.2, 0.25) is 0 Å². The lowest BCUT2D eigenvalue weighted by Crippen LogP contribution is -2.18. The highest BCUT2D eigenvalue weighted by molar-refractivity contribution is 7.92. The molecule has 0 bridgehead atoms. The molecule has 0 aliphatic carbocycles. The summed E-state index contributed by atoms with van der Waals surface area (Å²) >= 11 is 0. The van der Waals surface area contributed by atoms with Gasteiger partial charge in [0.2, 0.25) is 0 Å². The number of sulfonamides is 1. The first-order valence-corrected chi connectivity index (χ1v) is 11.7. The fourth-order valence-electron chi connectivity index (χ4n) is 3.39. The van der Waals surface area contributed by atoms with E-state index in [1.165, 1.54) is 6.07 Å². The van der Waals surface area contributed by atoms with Crippen LogP contribution < -0.4 is 10.0 Å². The van der Waals surface area contributed by atoms with Crippen LogP contribution in [0.1, 0.15) is 52.4 Å². The van der Waals surface area contributed by atoms with Gasteiger partial charge in [-0.2, -0.15) is 0 Å². The summed E-state index contributed by atoms with van der Waals surface area (Å²) in [5.74, 6) is -0.108. The van der Waals surface area contributed by atoms with Gasteiger partial charge in [-0.3, -0.25) is 9.52 Å². The minimum atomic E-state index is -3.86. The number of para-hydroxylation sites is 1. The van der Waals surface area contributed by atoms with Gasteiger partial charge in [-0.25, -0.2) is 8.42 Å². The molecule has 0 aromatic heterocycles. The van der Waals surface area contributed by atoms with Crippen LogP contribution in [0.3, 0.4) is 0 Å². The van der Waals surface area contributed by atoms with E-state index in [1.54, 1.807) is 25.1 Å².